The number of rotatable bonds is 5. The van der Waals surface area contributed by atoms with Crippen LogP contribution < -0.4 is 5.32 Å². The lowest BCUT2D eigenvalue weighted by molar-refractivity contribution is -0.137. The molecule has 1 aromatic carbocycles. The molecule has 0 aliphatic rings. The highest BCUT2D eigenvalue weighted by Crippen LogP contribution is 2.14. The number of carbonyl (C=O) groups excluding carboxylic acids is 1. The highest BCUT2D eigenvalue weighted by Gasteiger charge is 2.09. The van der Waals surface area contributed by atoms with Crippen molar-refractivity contribution in [1.29, 1.82) is 0 Å². The van der Waals surface area contributed by atoms with E-state index < -0.39 is 5.97 Å². The second-order valence-electron chi connectivity index (χ2n) is 4.65. The minimum Gasteiger partial charge on any atom is -0.481 e. The number of aryl methyl sites for hydroxylation is 2. The fraction of sp³-hybridized carbons (Fsp3) is 0.429. The van der Waals surface area contributed by atoms with Gasteiger partial charge in [0, 0.05) is 25.7 Å². The Morgan fingerprint density at radius 2 is 1.95 bits per heavy atom. The van der Waals surface area contributed by atoms with Gasteiger partial charge in [0.2, 0.25) is 0 Å². The third kappa shape index (κ3) is 4.99. The maximum Gasteiger partial charge on any atom is 0.321 e. The summed E-state index contributed by atoms with van der Waals surface area (Å²) in [4.78, 5) is 23.7. The van der Waals surface area contributed by atoms with E-state index >= 15 is 0 Å². The van der Waals surface area contributed by atoms with Gasteiger partial charge in [0.05, 0.1) is 0 Å². The van der Waals surface area contributed by atoms with E-state index in [9.17, 15) is 9.59 Å². The average molecular weight is 264 g/mol. The fourth-order valence-electron chi connectivity index (χ4n) is 1.61. The number of carboxylic acid groups (broad SMARTS) is 1. The molecule has 0 saturated carbocycles. The average Bonchev–Trinajstić information content (AvgIpc) is 2.33. The number of nitrogens with zero attached hydrogens (tertiary/aromatic N) is 1. The van der Waals surface area contributed by atoms with Crippen molar-refractivity contribution in [3.63, 3.8) is 0 Å². The molecule has 0 radical (unpaired) electrons. The Kier molecular flexibility index (Phi) is 5.36. The molecule has 0 unspecified atom stereocenters. The molecule has 5 nitrogen and oxygen atoms in total. The molecule has 2 amide bonds. The van der Waals surface area contributed by atoms with E-state index in [1.165, 1.54) is 10.5 Å². The van der Waals surface area contributed by atoms with Gasteiger partial charge in [-0.3, -0.25) is 4.79 Å². The molecular weight excluding hydrogens is 244 g/mol. The summed E-state index contributed by atoms with van der Waals surface area (Å²) in [6, 6.07) is 5.49. The van der Waals surface area contributed by atoms with Crippen molar-refractivity contribution in [1.82, 2.24) is 4.90 Å². The van der Waals surface area contributed by atoms with Gasteiger partial charge in [0.25, 0.3) is 0 Å². The lowest BCUT2D eigenvalue weighted by Gasteiger charge is -2.17. The maximum atomic E-state index is 11.9. The normalized spacial score (nSPS) is 10.1. The monoisotopic (exact) mass is 264 g/mol. The Balaban J connectivity index is 2.49. The van der Waals surface area contributed by atoms with E-state index in [0.29, 0.717) is 13.0 Å². The Morgan fingerprint density at radius 1 is 1.26 bits per heavy atom. The van der Waals surface area contributed by atoms with E-state index in [1.807, 2.05) is 32.0 Å². The molecule has 0 saturated heterocycles. The highest BCUT2D eigenvalue weighted by atomic mass is 16.4. The first-order valence-corrected chi connectivity index (χ1v) is 6.21. The van der Waals surface area contributed by atoms with Gasteiger partial charge in [-0.1, -0.05) is 6.07 Å². The molecule has 1 rings (SSSR count). The SMILES string of the molecule is Cc1ccc(NC(=O)N(C)CCCC(=O)O)cc1C. The molecule has 0 aliphatic carbocycles. The third-order valence-corrected chi connectivity index (χ3v) is 2.99. The zero-order valence-corrected chi connectivity index (χ0v) is 11.6. The largest absolute Gasteiger partial charge is 0.481 e. The van der Waals surface area contributed by atoms with Crippen molar-refractivity contribution in [3.8, 4) is 0 Å². The second-order valence-corrected chi connectivity index (χ2v) is 4.65. The summed E-state index contributed by atoms with van der Waals surface area (Å²) in [5.41, 5.74) is 3.04. The minimum absolute atomic E-state index is 0.0707. The lowest BCUT2D eigenvalue weighted by Crippen LogP contribution is -2.32. The number of hydrogen-bond acceptors (Lipinski definition) is 2. The van der Waals surface area contributed by atoms with E-state index in [4.69, 9.17) is 5.11 Å². The number of amides is 2. The van der Waals surface area contributed by atoms with Gasteiger partial charge in [0.1, 0.15) is 0 Å². The first kappa shape index (κ1) is 15.0. The summed E-state index contributed by atoms with van der Waals surface area (Å²) in [6.07, 6.45) is 0.521. The van der Waals surface area contributed by atoms with Crippen LogP contribution in [0.5, 0.6) is 0 Å². The van der Waals surface area contributed by atoms with Gasteiger partial charge >= 0.3 is 12.0 Å². The van der Waals surface area contributed by atoms with Crippen molar-refractivity contribution in [2.45, 2.75) is 26.7 Å². The Bertz CT molecular complexity index is 472. The smallest absolute Gasteiger partial charge is 0.321 e. The quantitative estimate of drug-likeness (QED) is 0.859. The number of aliphatic carboxylic acids is 1. The second kappa shape index (κ2) is 6.78. The summed E-state index contributed by atoms with van der Waals surface area (Å²) >= 11 is 0. The summed E-state index contributed by atoms with van der Waals surface area (Å²) in [5.74, 6) is -0.844. The number of nitrogens with one attached hydrogen (secondary N) is 1. The number of anilines is 1. The molecule has 0 spiro atoms. The highest BCUT2D eigenvalue weighted by molar-refractivity contribution is 5.89. The third-order valence-electron chi connectivity index (χ3n) is 2.99. The predicted molar refractivity (Wildman–Crippen MR) is 74.4 cm³/mol. The predicted octanol–water partition coefficient (Wildman–Crippen LogP) is 2.63. The van der Waals surface area contributed by atoms with Gasteiger partial charge in [0.15, 0.2) is 0 Å². The van der Waals surface area contributed by atoms with Crippen molar-refractivity contribution in [2.75, 3.05) is 18.9 Å². The molecule has 0 aromatic heterocycles. The molecule has 104 valence electrons. The molecule has 0 heterocycles. The summed E-state index contributed by atoms with van der Waals surface area (Å²) in [7, 11) is 1.65. The van der Waals surface area contributed by atoms with Crippen LogP contribution in [0.1, 0.15) is 24.0 Å². The molecule has 0 atom stereocenters. The van der Waals surface area contributed by atoms with Gasteiger partial charge in [-0.05, 0) is 43.5 Å². The Labute approximate surface area is 113 Å². The number of carboxylic acids is 1. The van der Waals surface area contributed by atoms with Gasteiger partial charge in [-0.15, -0.1) is 0 Å². The molecule has 0 aliphatic heterocycles. The first-order chi connectivity index (χ1) is 8.90. The molecule has 5 heteroatoms. The van der Waals surface area contributed by atoms with Gasteiger partial charge in [-0.2, -0.15) is 0 Å². The van der Waals surface area contributed by atoms with E-state index in [0.717, 1.165) is 11.3 Å². The maximum absolute atomic E-state index is 11.9. The van der Waals surface area contributed by atoms with Crippen LogP contribution in [0, 0.1) is 13.8 Å². The van der Waals surface area contributed by atoms with Gasteiger partial charge in [-0.25, -0.2) is 4.79 Å². The number of urea groups is 1. The van der Waals surface area contributed by atoms with Crippen LogP contribution >= 0.6 is 0 Å². The van der Waals surface area contributed by atoms with Crippen LogP contribution in [0.25, 0.3) is 0 Å². The Morgan fingerprint density at radius 3 is 2.53 bits per heavy atom. The number of hydrogen-bond donors (Lipinski definition) is 2. The fourth-order valence-corrected chi connectivity index (χ4v) is 1.61. The molecule has 0 fully saturated rings. The number of carbonyl (C=O) groups is 2. The lowest BCUT2D eigenvalue weighted by atomic mass is 10.1. The molecule has 0 bridgehead atoms. The van der Waals surface area contributed by atoms with Crippen molar-refractivity contribution in [3.05, 3.63) is 29.3 Å². The zero-order chi connectivity index (χ0) is 14.4. The van der Waals surface area contributed by atoms with E-state index in [1.54, 1.807) is 7.05 Å². The topological polar surface area (TPSA) is 69.6 Å². The zero-order valence-electron chi connectivity index (χ0n) is 11.6. The summed E-state index contributed by atoms with van der Waals surface area (Å²) in [5, 5.41) is 11.3. The van der Waals surface area contributed by atoms with Crippen LogP contribution in [0.15, 0.2) is 18.2 Å². The summed E-state index contributed by atoms with van der Waals surface area (Å²) < 4.78 is 0. The van der Waals surface area contributed by atoms with Gasteiger partial charge < -0.3 is 15.3 Å². The molecular formula is C14H20N2O3. The van der Waals surface area contributed by atoms with Crippen LogP contribution in [0.3, 0.4) is 0 Å². The Hall–Kier alpha value is -2.04. The standard InChI is InChI=1S/C14H20N2O3/c1-10-6-7-12(9-11(10)2)15-14(19)16(3)8-4-5-13(17)18/h6-7,9H,4-5,8H2,1-3H3,(H,15,19)(H,17,18). The van der Waals surface area contributed by atoms with Crippen LogP contribution in [0.2, 0.25) is 0 Å². The van der Waals surface area contributed by atoms with Crippen molar-refractivity contribution >= 4 is 17.7 Å². The van der Waals surface area contributed by atoms with Crippen LogP contribution in [0.4, 0.5) is 10.5 Å². The van der Waals surface area contributed by atoms with E-state index in [-0.39, 0.29) is 12.5 Å². The van der Waals surface area contributed by atoms with Crippen molar-refractivity contribution in [2.24, 2.45) is 0 Å². The van der Waals surface area contributed by atoms with Crippen molar-refractivity contribution < 1.29 is 14.7 Å². The molecule has 19 heavy (non-hydrogen) atoms. The summed E-state index contributed by atoms with van der Waals surface area (Å²) in [6.45, 7) is 4.42. The number of benzene rings is 1. The van der Waals surface area contributed by atoms with Crippen LogP contribution in [-0.2, 0) is 4.79 Å². The first-order valence-electron chi connectivity index (χ1n) is 6.21. The minimum atomic E-state index is -0.844. The molecule has 1 aromatic rings. The molecule has 2 N–H and O–H groups in total. The van der Waals surface area contributed by atoms with E-state index in [2.05, 4.69) is 5.32 Å². The van der Waals surface area contributed by atoms with Crippen LogP contribution in [-0.4, -0.2) is 35.6 Å².